The lowest BCUT2D eigenvalue weighted by Gasteiger charge is -2.41. The summed E-state index contributed by atoms with van der Waals surface area (Å²) in [4.78, 5) is 10.6. The molecule has 2 unspecified atom stereocenters. The first-order valence-corrected chi connectivity index (χ1v) is 6.37. The van der Waals surface area contributed by atoms with E-state index in [-0.39, 0.29) is 5.54 Å². The highest BCUT2D eigenvalue weighted by atomic mass is 16.3. The molecule has 17 heavy (non-hydrogen) atoms. The summed E-state index contributed by atoms with van der Waals surface area (Å²) in [6, 6.07) is 0. The topological polar surface area (TPSA) is 49.3 Å². The van der Waals surface area contributed by atoms with E-state index in [1.807, 2.05) is 0 Å². The van der Waals surface area contributed by atoms with Crippen LogP contribution in [0.5, 0.6) is 0 Å². The van der Waals surface area contributed by atoms with Crippen molar-refractivity contribution < 1.29 is 5.11 Å². The third-order valence-corrected chi connectivity index (χ3v) is 4.00. The van der Waals surface area contributed by atoms with Crippen LogP contribution in [0.25, 0.3) is 0 Å². The molecule has 1 fully saturated rings. The van der Waals surface area contributed by atoms with Gasteiger partial charge in [0.15, 0.2) is 0 Å². The van der Waals surface area contributed by atoms with Crippen LogP contribution in [-0.2, 0) is 0 Å². The van der Waals surface area contributed by atoms with Gasteiger partial charge in [-0.15, -0.1) is 0 Å². The first-order valence-electron chi connectivity index (χ1n) is 6.37. The molecule has 2 rings (SSSR count). The van der Waals surface area contributed by atoms with Gasteiger partial charge in [-0.1, -0.05) is 6.92 Å². The van der Waals surface area contributed by atoms with E-state index in [2.05, 4.69) is 28.7 Å². The average molecular weight is 235 g/mol. The number of hydrogen-bond acceptors (Lipinski definition) is 4. The van der Waals surface area contributed by atoms with Crippen LogP contribution in [0.3, 0.4) is 0 Å². The highest BCUT2D eigenvalue weighted by molar-refractivity contribution is 5.08. The van der Waals surface area contributed by atoms with Crippen LogP contribution < -0.4 is 0 Å². The number of likely N-dealkylation sites (tertiary alicyclic amines) is 1. The molecule has 1 aromatic rings. The molecule has 1 aliphatic rings. The predicted molar refractivity (Wildman–Crippen MR) is 66.5 cm³/mol. The Bertz CT molecular complexity index is 351. The largest absolute Gasteiger partial charge is 0.385 e. The first-order chi connectivity index (χ1) is 8.18. The zero-order valence-electron chi connectivity index (χ0n) is 10.6. The Kier molecular flexibility index (Phi) is 3.74. The second-order valence-electron chi connectivity index (χ2n) is 4.94. The average Bonchev–Trinajstić information content (AvgIpc) is 2.92. The van der Waals surface area contributed by atoms with E-state index >= 15 is 0 Å². The van der Waals surface area contributed by atoms with E-state index in [0.717, 1.165) is 19.5 Å². The van der Waals surface area contributed by atoms with Gasteiger partial charge in [-0.3, -0.25) is 14.9 Å². The number of nitrogens with zero attached hydrogens (tertiary/aromatic N) is 3. The molecule has 1 N–H and O–H groups in total. The normalized spacial score (nSPS) is 22.3. The maximum Gasteiger partial charge on any atom is 0.115 e. The third-order valence-electron chi connectivity index (χ3n) is 4.00. The monoisotopic (exact) mass is 235 g/mol. The van der Waals surface area contributed by atoms with Gasteiger partial charge in [-0.05, 0) is 39.3 Å². The maximum atomic E-state index is 10.6. The van der Waals surface area contributed by atoms with E-state index in [9.17, 15) is 5.11 Å². The van der Waals surface area contributed by atoms with E-state index in [0.29, 0.717) is 5.69 Å². The van der Waals surface area contributed by atoms with Crippen molar-refractivity contribution in [1.82, 2.24) is 14.9 Å². The van der Waals surface area contributed by atoms with Gasteiger partial charge < -0.3 is 5.11 Å². The molecule has 0 bridgehead atoms. The van der Waals surface area contributed by atoms with Crippen molar-refractivity contribution in [3.05, 3.63) is 24.3 Å². The van der Waals surface area contributed by atoms with Crippen molar-refractivity contribution in [2.75, 3.05) is 13.1 Å². The molecular weight excluding hydrogens is 214 g/mol. The SMILES string of the molecule is CCC(C)(C(O)c1cnccn1)N1CCCC1. The molecule has 0 aliphatic carbocycles. The van der Waals surface area contributed by atoms with Crippen LogP contribution in [0.15, 0.2) is 18.6 Å². The van der Waals surface area contributed by atoms with E-state index < -0.39 is 6.10 Å². The molecule has 94 valence electrons. The van der Waals surface area contributed by atoms with Crippen molar-refractivity contribution in [3.63, 3.8) is 0 Å². The number of rotatable bonds is 4. The van der Waals surface area contributed by atoms with Gasteiger partial charge >= 0.3 is 0 Å². The van der Waals surface area contributed by atoms with Gasteiger partial charge in [0.2, 0.25) is 0 Å². The zero-order valence-corrected chi connectivity index (χ0v) is 10.6. The van der Waals surface area contributed by atoms with Crippen molar-refractivity contribution >= 4 is 0 Å². The molecule has 2 heterocycles. The van der Waals surface area contributed by atoms with Gasteiger partial charge in [0, 0.05) is 17.9 Å². The number of hydrogen-bond donors (Lipinski definition) is 1. The fourth-order valence-electron chi connectivity index (χ4n) is 2.59. The van der Waals surface area contributed by atoms with Crippen molar-refractivity contribution in [2.45, 2.75) is 44.8 Å². The fraction of sp³-hybridized carbons (Fsp3) is 0.692. The molecule has 0 radical (unpaired) electrons. The Morgan fingerprint density at radius 2 is 2.12 bits per heavy atom. The molecule has 0 amide bonds. The van der Waals surface area contributed by atoms with E-state index in [4.69, 9.17) is 0 Å². The Balaban J connectivity index is 2.22. The van der Waals surface area contributed by atoms with Gasteiger partial charge in [-0.2, -0.15) is 0 Å². The number of aliphatic hydroxyl groups is 1. The number of aromatic nitrogens is 2. The maximum absolute atomic E-state index is 10.6. The summed E-state index contributed by atoms with van der Waals surface area (Å²) in [5, 5.41) is 10.6. The van der Waals surface area contributed by atoms with Crippen LogP contribution in [0, 0.1) is 0 Å². The molecule has 4 nitrogen and oxygen atoms in total. The lowest BCUT2D eigenvalue weighted by Crippen LogP contribution is -2.49. The Morgan fingerprint density at radius 3 is 2.65 bits per heavy atom. The van der Waals surface area contributed by atoms with Gasteiger partial charge in [0.25, 0.3) is 0 Å². The fourth-order valence-corrected chi connectivity index (χ4v) is 2.59. The molecular formula is C13H21N3O. The van der Waals surface area contributed by atoms with Gasteiger partial charge in [0.05, 0.1) is 11.9 Å². The minimum Gasteiger partial charge on any atom is -0.385 e. The molecule has 1 saturated heterocycles. The summed E-state index contributed by atoms with van der Waals surface area (Å²) in [6.07, 6.45) is 7.72. The molecule has 4 heteroatoms. The molecule has 0 saturated carbocycles. The van der Waals surface area contributed by atoms with E-state index in [1.165, 1.54) is 12.8 Å². The Hall–Kier alpha value is -1.00. The quantitative estimate of drug-likeness (QED) is 0.864. The van der Waals surface area contributed by atoms with Crippen LogP contribution in [0.4, 0.5) is 0 Å². The third kappa shape index (κ3) is 2.33. The van der Waals surface area contributed by atoms with E-state index in [1.54, 1.807) is 18.6 Å². The summed E-state index contributed by atoms with van der Waals surface area (Å²) in [7, 11) is 0. The van der Waals surface area contributed by atoms with Crippen LogP contribution in [0.2, 0.25) is 0 Å². The van der Waals surface area contributed by atoms with Crippen molar-refractivity contribution in [1.29, 1.82) is 0 Å². The summed E-state index contributed by atoms with van der Waals surface area (Å²) < 4.78 is 0. The van der Waals surface area contributed by atoms with Crippen LogP contribution >= 0.6 is 0 Å². The summed E-state index contributed by atoms with van der Waals surface area (Å²) in [5.74, 6) is 0. The minimum atomic E-state index is -0.570. The highest BCUT2D eigenvalue weighted by Gasteiger charge is 2.40. The van der Waals surface area contributed by atoms with Gasteiger partial charge in [0.1, 0.15) is 6.10 Å². The predicted octanol–water partition coefficient (Wildman–Crippen LogP) is 1.77. The Morgan fingerprint density at radius 1 is 1.41 bits per heavy atom. The van der Waals surface area contributed by atoms with Crippen molar-refractivity contribution in [2.24, 2.45) is 0 Å². The minimum absolute atomic E-state index is 0.230. The number of aliphatic hydroxyl groups excluding tert-OH is 1. The zero-order chi connectivity index (χ0) is 12.3. The highest BCUT2D eigenvalue weighted by Crippen LogP contribution is 2.35. The van der Waals surface area contributed by atoms with Crippen molar-refractivity contribution in [3.8, 4) is 0 Å². The lowest BCUT2D eigenvalue weighted by atomic mass is 9.88. The summed E-state index contributed by atoms with van der Waals surface area (Å²) in [6.45, 7) is 6.39. The van der Waals surface area contributed by atoms with Crippen LogP contribution in [-0.4, -0.2) is 38.6 Å². The summed E-state index contributed by atoms with van der Waals surface area (Å²) >= 11 is 0. The first kappa shape index (κ1) is 12.5. The Labute approximate surface area is 103 Å². The second-order valence-corrected chi connectivity index (χ2v) is 4.94. The molecule has 0 spiro atoms. The molecule has 1 aliphatic heterocycles. The smallest absolute Gasteiger partial charge is 0.115 e. The van der Waals surface area contributed by atoms with Crippen LogP contribution in [0.1, 0.15) is 44.9 Å². The lowest BCUT2D eigenvalue weighted by molar-refractivity contribution is -0.0165. The molecule has 2 atom stereocenters. The molecule has 1 aromatic heterocycles. The van der Waals surface area contributed by atoms with Gasteiger partial charge in [-0.25, -0.2) is 0 Å². The second kappa shape index (κ2) is 5.10. The molecule has 0 aromatic carbocycles. The standard InChI is InChI=1S/C13H21N3O/c1-3-13(2,16-8-4-5-9-16)12(17)11-10-14-6-7-15-11/h6-7,10,12,17H,3-5,8-9H2,1-2H3. The summed E-state index contributed by atoms with van der Waals surface area (Å²) in [5.41, 5.74) is 0.441.